The lowest BCUT2D eigenvalue weighted by Crippen LogP contribution is -2.51. The third-order valence-electron chi connectivity index (χ3n) is 0. The Morgan fingerprint density at radius 2 is 0.706 bits per heavy atom. The van der Waals surface area contributed by atoms with E-state index in [2.05, 4.69) is 62.4 Å². The van der Waals surface area contributed by atoms with Gasteiger partial charge in [0.2, 0.25) is 0 Å². The number of hydrogen-bond acceptors (Lipinski definition) is 4. The van der Waals surface area contributed by atoms with Gasteiger partial charge in [0, 0.05) is 0 Å². The highest BCUT2D eigenvalue weighted by Crippen LogP contribution is 2.04. The van der Waals surface area contributed by atoms with Crippen LogP contribution in [-0.4, -0.2) is 17.9 Å². The molecule has 0 aromatic rings. The normalized spacial score (nSPS) is 7.71. The predicted molar refractivity (Wildman–Crippen MR) is 60.2 cm³/mol. The molecule has 0 radical (unpaired) electrons. The van der Waals surface area contributed by atoms with Crippen molar-refractivity contribution in [1.29, 1.82) is 0 Å². The van der Waals surface area contributed by atoms with Crippen molar-refractivity contribution in [1.82, 2.24) is 0 Å². The Kier molecular flexibility index (Phi) is 20.7. The van der Waals surface area contributed by atoms with E-state index < -0.39 is 6.72 Å². The van der Waals surface area contributed by atoms with E-state index in [1.54, 1.807) is 0 Å². The van der Waals surface area contributed by atoms with Gasteiger partial charge < -0.3 is 21.4 Å². The third kappa shape index (κ3) is 792. The Morgan fingerprint density at radius 3 is 0.706 bits per heavy atom. The van der Waals surface area contributed by atoms with E-state index in [0.29, 0.717) is 0 Å². The molecule has 0 saturated carbocycles. The molecule has 0 amide bonds. The summed E-state index contributed by atoms with van der Waals surface area (Å²) in [4.78, 5) is 26.8. The lowest BCUT2D eigenvalue weighted by atomic mass is 11.1. The molecule has 0 spiro atoms. The summed E-state index contributed by atoms with van der Waals surface area (Å²) < 4.78 is 0. The van der Waals surface area contributed by atoms with Gasteiger partial charge in [-0.2, -0.15) is 11.8 Å². The molecule has 0 bridgehead atoms. The third-order valence-corrected chi connectivity index (χ3v) is 0. The molecule has 0 aliphatic rings. The molecule has 17 heavy (non-hydrogen) atoms. The fourth-order valence-corrected chi connectivity index (χ4v) is 0. The number of hydrogen-bond donors (Lipinski definition) is 9. The highest BCUT2D eigenvalue weighted by molar-refractivity contribution is 8.04. The first-order chi connectivity index (χ1) is 7.20. The minimum Gasteiger partial charge on any atom is -0.844 e. The SMILES string of the molecule is NC(N)=[NH2+].NC(N)=[NH2+].NC(N)=[NH2+].[O-]P([O-])([O-])=S. The van der Waals surface area contributed by atoms with E-state index in [9.17, 15) is 0 Å². The molecule has 0 aliphatic heterocycles. The summed E-state index contributed by atoms with van der Waals surface area (Å²) in [7, 11) is 0. The van der Waals surface area contributed by atoms with Crippen molar-refractivity contribution in [3.05, 3.63) is 0 Å². The zero-order valence-corrected chi connectivity index (χ0v) is 10.5. The van der Waals surface area contributed by atoms with Crippen molar-refractivity contribution >= 4 is 36.4 Å². The van der Waals surface area contributed by atoms with Gasteiger partial charge in [0.25, 0.3) is 0 Å². The molecule has 104 valence electrons. The van der Waals surface area contributed by atoms with E-state index in [-0.39, 0.29) is 17.9 Å². The summed E-state index contributed by atoms with van der Waals surface area (Å²) in [6.07, 6.45) is 0. The molecule has 0 unspecified atom stereocenters. The maximum atomic E-state index is 8.92. The van der Waals surface area contributed by atoms with Crippen LogP contribution in [0.2, 0.25) is 0 Å². The Balaban J connectivity index is -0.0000000667. The summed E-state index contributed by atoms with van der Waals surface area (Å²) >= 11 is 3.27. The monoisotopic (exact) mass is 291 g/mol. The van der Waals surface area contributed by atoms with Gasteiger partial charge in [-0.1, -0.05) is 0 Å². The van der Waals surface area contributed by atoms with Crippen LogP contribution < -0.4 is 65.3 Å². The summed E-state index contributed by atoms with van der Waals surface area (Å²) in [6.45, 7) is -4.56. The van der Waals surface area contributed by atoms with Gasteiger partial charge in [-0.25, -0.2) is 0 Å². The van der Waals surface area contributed by atoms with Gasteiger partial charge in [0.05, 0.1) is 0 Å². The zero-order valence-electron chi connectivity index (χ0n) is 8.78. The molecule has 0 atom stereocenters. The molecular formula is C3H18N9O3PS. The van der Waals surface area contributed by atoms with Crippen LogP contribution in [0.4, 0.5) is 0 Å². The van der Waals surface area contributed by atoms with Crippen LogP contribution >= 0.6 is 6.72 Å². The van der Waals surface area contributed by atoms with E-state index in [4.69, 9.17) is 14.7 Å². The fourth-order valence-electron chi connectivity index (χ4n) is 0. The predicted octanol–water partition coefficient (Wildman–Crippen LogP) is -11.7. The second-order valence-electron chi connectivity index (χ2n) is 1.95. The van der Waals surface area contributed by atoms with Gasteiger partial charge in [-0.3, -0.25) is 50.6 Å². The second kappa shape index (κ2) is 14.3. The first kappa shape index (κ1) is 24.5. The molecule has 0 heterocycles. The number of nitrogens with two attached hydrogens (primary N) is 9. The van der Waals surface area contributed by atoms with Gasteiger partial charge in [-0.15, -0.1) is 0 Å². The first-order valence-electron chi connectivity index (χ1n) is 3.33. The molecule has 0 aliphatic carbocycles. The topological polar surface area (TPSA) is 302 Å². The van der Waals surface area contributed by atoms with Crippen LogP contribution in [0.5, 0.6) is 0 Å². The first-order valence-corrected chi connectivity index (χ1v) is 5.88. The van der Waals surface area contributed by atoms with Crippen LogP contribution in [0, 0.1) is 0 Å². The smallest absolute Gasteiger partial charge is 0.336 e. The Labute approximate surface area is 102 Å². The standard InChI is InChI=1S/3CH5N3.H3O3PS/c3*2-1(3)4;1-4(2,3)5/h3*(H5,2,3,4);(H3,1,2,3,5). The van der Waals surface area contributed by atoms with Crippen LogP contribution in [-0.2, 0) is 11.8 Å². The largest absolute Gasteiger partial charge is 0.844 e. The summed E-state index contributed by atoms with van der Waals surface area (Å²) in [6, 6.07) is 0. The Morgan fingerprint density at radius 1 is 0.706 bits per heavy atom. The second-order valence-corrected chi connectivity index (χ2v) is 4.18. The van der Waals surface area contributed by atoms with Gasteiger partial charge in [0.1, 0.15) is 0 Å². The van der Waals surface area contributed by atoms with Crippen molar-refractivity contribution in [2.45, 2.75) is 0 Å². The maximum absolute atomic E-state index is 8.92. The average molecular weight is 291 g/mol. The van der Waals surface area contributed by atoms with Gasteiger partial charge in [0.15, 0.2) is 0 Å². The molecule has 0 saturated heterocycles. The maximum Gasteiger partial charge on any atom is 0.336 e. The lowest BCUT2D eigenvalue weighted by Gasteiger charge is -2.43. The summed E-state index contributed by atoms with van der Waals surface area (Å²) in [5.41, 5.74) is 27.5. The van der Waals surface area contributed by atoms with Crippen LogP contribution in [0.3, 0.4) is 0 Å². The van der Waals surface area contributed by atoms with Crippen LogP contribution in [0.1, 0.15) is 0 Å². The molecule has 0 aromatic carbocycles. The molecule has 0 fully saturated rings. The Bertz CT molecular complexity index is 228. The minimum atomic E-state index is -4.56. The van der Waals surface area contributed by atoms with Crippen molar-refractivity contribution in [2.24, 2.45) is 34.4 Å². The number of rotatable bonds is 0. The van der Waals surface area contributed by atoms with Crippen molar-refractivity contribution in [3.8, 4) is 0 Å². The van der Waals surface area contributed by atoms with Crippen molar-refractivity contribution < 1.29 is 30.9 Å². The van der Waals surface area contributed by atoms with Gasteiger partial charge in [-0.05, 0) is 0 Å². The highest BCUT2D eigenvalue weighted by Gasteiger charge is 1.64. The fraction of sp³-hybridized carbons (Fsp3) is 0. The molecule has 0 aromatic heterocycles. The molecular weight excluding hydrogens is 273 g/mol. The zero-order chi connectivity index (χ0) is 15.2. The van der Waals surface area contributed by atoms with E-state index >= 15 is 0 Å². The minimum absolute atomic E-state index is 0.0833. The van der Waals surface area contributed by atoms with Crippen molar-refractivity contribution in [2.75, 3.05) is 0 Å². The van der Waals surface area contributed by atoms with Crippen LogP contribution in [0.25, 0.3) is 0 Å². The molecule has 12 nitrogen and oxygen atoms in total. The summed E-state index contributed by atoms with van der Waals surface area (Å²) in [5.74, 6) is -0.250. The molecule has 18 N–H and O–H groups in total. The van der Waals surface area contributed by atoms with Gasteiger partial charge >= 0.3 is 17.9 Å². The van der Waals surface area contributed by atoms with E-state index in [1.807, 2.05) is 0 Å². The average Bonchev–Trinajstić information content (AvgIpc) is 1.73. The molecule has 14 heteroatoms. The van der Waals surface area contributed by atoms with E-state index in [0.717, 1.165) is 0 Å². The quantitative estimate of drug-likeness (QED) is 0.115. The van der Waals surface area contributed by atoms with Crippen LogP contribution in [0.15, 0.2) is 0 Å². The number of guanidine groups is 3. The van der Waals surface area contributed by atoms with Crippen molar-refractivity contribution in [3.63, 3.8) is 0 Å². The Hall–Kier alpha value is -1.66. The summed E-state index contributed by atoms with van der Waals surface area (Å²) in [5, 5.41) is 13.8. The van der Waals surface area contributed by atoms with E-state index in [1.165, 1.54) is 0 Å². The highest BCUT2D eigenvalue weighted by atomic mass is 32.5. The lowest BCUT2D eigenvalue weighted by molar-refractivity contribution is -0.411. The molecule has 0 rings (SSSR count).